The van der Waals surface area contributed by atoms with Crippen LogP contribution in [0.15, 0.2) is 77.9 Å². The van der Waals surface area contributed by atoms with Gasteiger partial charge in [0.15, 0.2) is 5.84 Å². The minimum atomic E-state index is -1.88. The van der Waals surface area contributed by atoms with Crippen LogP contribution >= 0.6 is 34.8 Å². The summed E-state index contributed by atoms with van der Waals surface area (Å²) in [6.07, 6.45) is -0.142. The molecule has 9 nitrogen and oxygen atoms in total. The highest BCUT2D eigenvalue weighted by molar-refractivity contribution is 6.48. The van der Waals surface area contributed by atoms with Gasteiger partial charge in [0, 0.05) is 12.6 Å². The van der Waals surface area contributed by atoms with Crippen molar-refractivity contribution in [2.24, 2.45) is 5.10 Å². The van der Waals surface area contributed by atoms with Crippen LogP contribution < -0.4 is 26.3 Å². The number of carbonyl (C=O) groups excluding carboxylic acids is 3. The highest BCUT2D eigenvalue weighted by Gasteiger charge is 2.54. The third-order valence-corrected chi connectivity index (χ3v) is 6.90. The molecule has 1 heterocycles. The second-order valence-electron chi connectivity index (χ2n) is 8.88. The van der Waals surface area contributed by atoms with Crippen molar-refractivity contribution >= 4 is 69.7 Å². The second kappa shape index (κ2) is 14.8. The van der Waals surface area contributed by atoms with E-state index in [1.54, 1.807) is 54.6 Å². The first-order chi connectivity index (χ1) is 19.6. The Bertz CT molecular complexity index is 1380. The maximum absolute atomic E-state index is 13.8. The van der Waals surface area contributed by atoms with Crippen LogP contribution in [0.1, 0.15) is 26.3 Å². The number of amidine groups is 1. The number of nitrogens with zero attached hydrogens (tertiary/aromatic N) is 2. The quantitative estimate of drug-likeness (QED) is 0.204. The number of nitrogens with one attached hydrogen (secondary N) is 4. The van der Waals surface area contributed by atoms with E-state index in [4.69, 9.17) is 34.8 Å². The first-order valence-corrected chi connectivity index (χ1v) is 14.0. The van der Waals surface area contributed by atoms with Crippen molar-refractivity contribution in [1.29, 1.82) is 0 Å². The van der Waals surface area contributed by atoms with E-state index < -0.39 is 23.4 Å². The fraction of sp³-hybridized carbons (Fsp3) is 0.241. The van der Waals surface area contributed by atoms with Gasteiger partial charge in [0.1, 0.15) is 0 Å². The van der Waals surface area contributed by atoms with E-state index in [0.29, 0.717) is 16.9 Å². The van der Waals surface area contributed by atoms with E-state index >= 15 is 0 Å². The molecule has 0 saturated carbocycles. The van der Waals surface area contributed by atoms with Crippen molar-refractivity contribution < 1.29 is 14.4 Å². The van der Waals surface area contributed by atoms with Gasteiger partial charge in [-0.25, -0.2) is 0 Å². The van der Waals surface area contributed by atoms with E-state index in [9.17, 15) is 14.4 Å². The van der Waals surface area contributed by atoms with Crippen LogP contribution in [-0.2, 0) is 20.8 Å². The number of benzene rings is 3. The Hall–Kier alpha value is -3.63. The van der Waals surface area contributed by atoms with Crippen LogP contribution in [0, 0.1) is 0 Å². The largest absolute Gasteiger partial charge is 0.348 e. The molecule has 3 aromatic rings. The van der Waals surface area contributed by atoms with Crippen molar-refractivity contribution in [1.82, 2.24) is 16.0 Å². The van der Waals surface area contributed by atoms with Crippen LogP contribution in [-0.4, -0.2) is 42.3 Å². The van der Waals surface area contributed by atoms with E-state index in [1.165, 1.54) is 19.1 Å². The molecule has 0 aromatic heterocycles. The van der Waals surface area contributed by atoms with Gasteiger partial charge in [0.2, 0.25) is 11.8 Å². The molecule has 1 atom stereocenters. The Morgan fingerprint density at radius 3 is 1.98 bits per heavy atom. The van der Waals surface area contributed by atoms with Crippen LogP contribution in [0.5, 0.6) is 0 Å². The minimum absolute atomic E-state index is 0.105. The molecule has 4 rings (SSSR count). The lowest BCUT2D eigenvalue weighted by Crippen LogP contribution is -2.67. The molecule has 0 bridgehead atoms. The molecular weight excluding hydrogens is 587 g/mol. The standard InChI is InChI=1S/C25H20Cl3N5O3.C4H11N/c1-15(34)30-25(31-17-8-4-2-5-9-17)23(32-33(24(25)36)18-10-6-3-7-11-18)29-21(35)14-16-12-19(26)22(28)20(27)13-16;1-3-5-4-2/h2-13,31H,14H2,1H3,(H,30,34)(H,29,32,35);5H,3-4H2,1-2H3. The Morgan fingerprint density at radius 2 is 1.46 bits per heavy atom. The lowest BCUT2D eigenvalue weighted by Gasteiger charge is -2.31. The fourth-order valence-electron chi connectivity index (χ4n) is 3.92. The van der Waals surface area contributed by atoms with Crippen LogP contribution in [0.4, 0.5) is 11.4 Å². The second-order valence-corrected chi connectivity index (χ2v) is 10.1. The molecule has 1 unspecified atom stereocenters. The van der Waals surface area contributed by atoms with E-state index in [0.717, 1.165) is 18.1 Å². The topological polar surface area (TPSA) is 115 Å². The Kier molecular flexibility index (Phi) is 11.5. The number of rotatable bonds is 8. The first-order valence-electron chi connectivity index (χ1n) is 12.9. The Balaban J connectivity index is 0.000000850. The van der Waals surface area contributed by atoms with E-state index in [2.05, 4.69) is 40.2 Å². The van der Waals surface area contributed by atoms with Gasteiger partial charge in [-0.05, 0) is 55.1 Å². The summed E-state index contributed by atoms with van der Waals surface area (Å²) >= 11 is 18.2. The predicted octanol–water partition coefficient (Wildman–Crippen LogP) is 5.23. The maximum Gasteiger partial charge on any atom is 0.302 e. The third kappa shape index (κ3) is 8.20. The number of para-hydroxylation sites is 2. The summed E-state index contributed by atoms with van der Waals surface area (Å²) < 4.78 is 0. The number of carbonyl (C=O) groups is 3. The van der Waals surface area contributed by atoms with Crippen molar-refractivity contribution in [3.63, 3.8) is 0 Å². The monoisotopic (exact) mass is 616 g/mol. The zero-order valence-electron chi connectivity index (χ0n) is 22.8. The van der Waals surface area contributed by atoms with Gasteiger partial charge < -0.3 is 21.3 Å². The number of anilines is 2. The normalized spacial score (nSPS) is 15.9. The molecule has 4 N–H and O–H groups in total. The molecule has 0 radical (unpaired) electrons. The summed E-state index contributed by atoms with van der Waals surface area (Å²) in [7, 11) is 0. The molecule has 1 aliphatic heterocycles. The number of halogens is 3. The Morgan fingerprint density at radius 1 is 0.902 bits per heavy atom. The minimum Gasteiger partial charge on any atom is -0.348 e. The van der Waals surface area contributed by atoms with Crippen LogP contribution in [0.25, 0.3) is 0 Å². The molecule has 0 aliphatic carbocycles. The maximum atomic E-state index is 13.8. The smallest absolute Gasteiger partial charge is 0.302 e. The molecule has 3 amide bonds. The van der Waals surface area contributed by atoms with Gasteiger partial charge in [-0.15, -0.1) is 5.10 Å². The molecular formula is C29H31Cl3N6O3. The molecule has 0 saturated heterocycles. The van der Waals surface area contributed by atoms with Gasteiger partial charge in [-0.1, -0.05) is 85.0 Å². The summed E-state index contributed by atoms with van der Waals surface area (Å²) in [6, 6.07) is 20.5. The van der Waals surface area contributed by atoms with Crippen LogP contribution in [0.2, 0.25) is 15.1 Å². The molecule has 0 fully saturated rings. The zero-order valence-corrected chi connectivity index (χ0v) is 25.1. The lowest BCUT2D eigenvalue weighted by atomic mass is 10.1. The fourth-order valence-corrected chi connectivity index (χ4v) is 4.57. The highest BCUT2D eigenvalue weighted by atomic mass is 35.5. The average Bonchev–Trinajstić information content (AvgIpc) is 3.19. The number of amides is 3. The van der Waals surface area contributed by atoms with E-state index in [1.807, 2.05) is 6.07 Å². The SMILES string of the molecule is CC(=O)NC1(Nc2ccccc2)C(=O)N(c2ccccc2)N=C1NC(=O)Cc1cc(Cl)c(Cl)c(Cl)c1.CCNCC. The van der Waals surface area contributed by atoms with Gasteiger partial charge in [0.25, 0.3) is 5.66 Å². The summed E-state index contributed by atoms with van der Waals surface area (Å²) in [5, 5.41) is 17.6. The molecule has 12 heteroatoms. The number of hydrazone groups is 1. The van der Waals surface area contributed by atoms with Crippen molar-refractivity contribution in [3.05, 3.63) is 93.4 Å². The first kappa shape index (κ1) is 31.9. The van der Waals surface area contributed by atoms with Crippen molar-refractivity contribution in [2.75, 3.05) is 23.4 Å². The van der Waals surface area contributed by atoms with Gasteiger partial charge in [-0.3, -0.25) is 14.4 Å². The zero-order chi connectivity index (χ0) is 30.0. The van der Waals surface area contributed by atoms with E-state index in [-0.39, 0.29) is 27.3 Å². The number of hydrogen-bond acceptors (Lipinski definition) is 6. The molecule has 1 aliphatic rings. The average molecular weight is 618 g/mol. The highest BCUT2D eigenvalue weighted by Crippen LogP contribution is 2.32. The van der Waals surface area contributed by atoms with Gasteiger partial charge in [0.05, 0.1) is 27.2 Å². The lowest BCUT2D eigenvalue weighted by molar-refractivity contribution is -0.127. The van der Waals surface area contributed by atoms with Crippen molar-refractivity contribution in [2.45, 2.75) is 32.9 Å². The molecule has 41 heavy (non-hydrogen) atoms. The Labute approximate surface area is 254 Å². The van der Waals surface area contributed by atoms with Gasteiger partial charge in [-0.2, -0.15) is 5.01 Å². The van der Waals surface area contributed by atoms with Crippen LogP contribution in [0.3, 0.4) is 0 Å². The van der Waals surface area contributed by atoms with Gasteiger partial charge >= 0.3 is 5.91 Å². The third-order valence-electron chi connectivity index (χ3n) is 5.70. The summed E-state index contributed by atoms with van der Waals surface area (Å²) in [5.74, 6) is -1.75. The van der Waals surface area contributed by atoms with Crippen molar-refractivity contribution in [3.8, 4) is 0 Å². The molecule has 3 aromatic carbocycles. The summed E-state index contributed by atoms with van der Waals surface area (Å²) in [4.78, 5) is 39.1. The molecule has 216 valence electrons. The summed E-state index contributed by atoms with van der Waals surface area (Å²) in [5.41, 5.74) is -0.410. The predicted molar refractivity (Wildman–Crippen MR) is 166 cm³/mol. The summed E-state index contributed by atoms with van der Waals surface area (Å²) in [6.45, 7) is 7.66. The number of hydrogen-bond donors (Lipinski definition) is 4. The molecule has 0 spiro atoms.